The van der Waals surface area contributed by atoms with Crippen molar-refractivity contribution in [1.29, 1.82) is 0 Å². The van der Waals surface area contributed by atoms with Gasteiger partial charge in [0.05, 0.1) is 36.8 Å². The first-order valence-corrected chi connectivity index (χ1v) is 10.3. The molecule has 182 valence electrons. The number of halogens is 4. The predicted octanol–water partition coefficient (Wildman–Crippen LogP) is 2.73. The number of likely N-dealkylation sites (tertiary alicyclic amines) is 1. The molecule has 9 nitrogen and oxygen atoms in total. The number of alkyl halides is 3. The van der Waals surface area contributed by atoms with E-state index in [4.69, 9.17) is 19.2 Å². The highest BCUT2D eigenvalue weighted by atomic mass is 19.4. The molecular weight excluding hydrogens is 450 g/mol. The summed E-state index contributed by atoms with van der Waals surface area (Å²) < 4.78 is 56.3. The lowest BCUT2D eigenvalue weighted by Crippen LogP contribution is -2.57. The zero-order valence-corrected chi connectivity index (χ0v) is 18.2. The first-order chi connectivity index (χ1) is 15.5. The molecular formula is C20H25F4N5O4. The lowest BCUT2D eigenvalue weighted by atomic mass is 9.89. The summed E-state index contributed by atoms with van der Waals surface area (Å²) in [5.41, 5.74) is 1.98. The van der Waals surface area contributed by atoms with E-state index >= 15 is 0 Å². The van der Waals surface area contributed by atoms with Crippen molar-refractivity contribution in [3.63, 3.8) is 0 Å². The van der Waals surface area contributed by atoms with Crippen LogP contribution < -0.4 is 4.90 Å². The van der Waals surface area contributed by atoms with Gasteiger partial charge in [0, 0.05) is 31.7 Å². The minimum absolute atomic E-state index is 0.175. The fourth-order valence-corrected chi connectivity index (χ4v) is 3.86. The van der Waals surface area contributed by atoms with Gasteiger partial charge in [0.2, 0.25) is 5.95 Å². The Morgan fingerprint density at radius 1 is 1.18 bits per heavy atom. The van der Waals surface area contributed by atoms with Crippen molar-refractivity contribution in [2.24, 2.45) is 0 Å². The van der Waals surface area contributed by atoms with Crippen molar-refractivity contribution in [1.82, 2.24) is 20.0 Å². The Morgan fingerprint density at radius 3 is 2.30 bits per heavy atom. The van der Waals surface area contributed by atoms with Crippen molar-refractivity contribution in [2.75, 3.05) is 37.7 Å². The number of hydrogen-bond acceptors (Lipinski definition) is 8. The predicted molar refractivity (Wildman–Crippen MR) is 107 cm³/mol. The van der Waals surface area contributed by atoms with E-state index < -0.39 is 18.0 Å². The van der Waals surface area contributed by atoms with Gasteiger partial charge in [0.15, 0.2) is 5.82 Å². The van der Waals surface area contributed by atoms with E-state index in [1.54, 1.807) is 0 Å². The number of rotatable bonds is 3. The van der Waals surface area contributed by atoms with Gasteiger partial charge in [-0.15, -0.1) is 0 Å². The quantitative estimate of drug-likeness (QED) is 0.671. The van der Waals surface area contributed by atoms with Crippen LogP contribution in [0.3, 0.4) is 0 Å². The molecule has 0 saturated carbocycles. The number of aryl methyl sites for hydroxylation is 2. The molecule has 2 aliphatic heterocycles. The second-order valence-electron chi connectivity index (χ2n) is 8.04. The van der Waals surface area contributed by atoms with Crippen LogP contribution in [0.15, 0.2) is 16.9 Å². The molecule has 4 heterocycles. The number of hydrogen-bond donors (Lipinski definition) is 1. The fraction of sp³-hybridized carbons (Fsp3) is 0.600. The van der Waals surface area contributed by atoms with Crippen LogP contribution in [0.1, 0.15) is 29.9 Å². The Balaban J connectivity index is 0.000000383. The molecule has 2 fully saturated rings. The molecule has 0 atom stereocenters. The summed E-state index contributed by atoms with van der Waals surface area (Å²) in [6.07, 6.45) is -0.741. The molecule has 4 rings (SSSR count). The molecule has 0 amide bonds. The smallest absolute Gasteiger partial charge is 0.475 e. The summed E-state index contributed by atoms with van der Waals surface area (Å²) in [6.45, 7) is 8.86. The molecule has 1 spiro atoms. The van der Waals surface area contributed by atoms with Crippen LogP contribution in [-0.4, -0.2) is 75.7 Å². The van der Waals surface area contributed by atoms with Crippen molar-refractivity contribution in [2.45, 2.75) is 45.0 Å². The molecule has 33 heavy (non-hydrogen) atoms. The van der Waals surface area contributed by atoms with E-state index in [9.17, 15) is 17.6 Å². The van der Waals surface area contributed by atoms with E-state index in [1.807, 2.05) is 13.8 Å². The van der Waals surface area contributed by atoms with Crippen LogP contribution in [0, 0.1) is 19.7 Å². The molecule has 0 bridgehead atoms. The number of anilines is 1. The molecule has 13 heteroatoms. The summed E-state index contributed by atoms with van der Waals surface area (Å²) in [5.74, 6) is -1.69. The van der Waals surface area contributed by atoms with Gasteiger partial charge < -0.3 is 19.3 Å². The maximum Gasteiger partial charge on any atom is 0.490 e. The first-order valence-electron chi connectivity index (χ1n) is 10.3. The zero-order valence-electron chi connectivity index (χ0n) is 18.2. The third-order valence-electron chi connectivity index (χ3n) is 5.71. The van der Waals surface area contributed by atoms with E-state index in [0.717, 1.165) is 57.0 Å². The lowest BCUT2D eigenvalue weighted by Gasteiger charge is -2.47. The molecule has 2 aromatic heterocycles. The number of nitrogens with zero attached hydrogens (tertiary/aromatic N) is 5. The van der Waals surface area contributed by atoms with E-state index in [0.29, 0.717) is 12.6 Å². The third-order valence-corrected chi connectivity index (χ3v) is 5.71. The van der Waals surface area contributed by atoms with Gasteiger partial charge in [-0.25, -0.2) is 19.2 Å². The second-order valence-corrected chi connectivity index (χ2v) is 8.04. The topological polar surface area (TPSA) is 105 Å². The minimum atomic E-state index is -5.08. The second kappa shape index (κ2) is 10.00. The monoisotopic (exact) mass is 475 g/mol. The number of morpholine rings is 1. The van der Waals surface area contributed by atoms with Crippen molar-refractivity contribution < 1.29 is 36.7 Å². The molecule has 0 radical (unpaired) electrons. The lowest BCUT2D eigenvalue weighted by molar-refractivity contribution is -0.192. The Morgan fingerprint density at radius 2 is 1.79 bits per heavy atom. The van der Waals surface area contributed by atoms with Gasteiger partial charge in [-0.2, -0.15) is 13.2 Å². The molecule has 0 aromatic carbocycles. The summed E-state index contributed by atoms with van der Waals surface area (Å²) >= 11 is 0. The maximum absolute atomic E-state index is 13.1. The van der Waals surface area contributed by atoms with E-state index in [2.05, 4.69) is 24.9 Å². The standard InChI is InChI=1S/C18H24FN5O2.C2HF3O2/c1-13-16(14(2)26-22-13)11-23-5-3-18(4-6-23)12-24(7-8-25-18)17-20-9-15(19)10-21-17;3-2(4,5)1(6)7/h9-10H,3-8,11-12H2,1-2H3;(H,6,7). The normalized spacial score (nSPS) is 18.7. The molecule has 0 aliphatic carbocycles. The Bertz CT molecular complexity index is 923. The van der Waals surface area contributed by atoms with Gasteiger partial charge in [-0.05, 0) is 26.7 Å². The number of piperidine rings is 1. The molecule has 2 saturated heterocycles. The van der Waals surface area contributed by atoms with Gasteiger partial charge in [-0.3, -0.25) is 4.90 Å². The van der Waals surface area contributed by atoms with Crippen LogP contribution in [0.5, 0.6) is 0 Å². The van der Waals surface area contributed by atoms with Crippen LogP contribution in [0.25, 0.3) is 0 Å². The van der Waals surface area contributed by atoms with E-state index in [1.165, 1.54) is 18.0 Å². The van der Waals surface area contributed by atoms with Crippen LogP contribution in [0.2, 0.25) is 0 Å². The minimum Gasteiger partial charge on any atom is -0.475 e. The maximum atomic E-state index is 13.1. The van der Waals surface area contributed by atoms with Gasteiger partial charge in [0.1, 0.15) is 5.76 Å². The molecule has 0 unspecified atom stereocenters. The number of aliphatic carboxylic acids is 1. The largest absolute Gasteiger partial charge is 0.490 e. The fourth-order valence-electron chi connectivity index (χ4n) is 3.86. The van der Waals surface area contributed by atoms with Gasteiger partial charge >= 0.3 is 12.1 Å². The SMILES string of the molecule is Cc1noc(C)c1CN1CCC2(CC1)CN(c1ncc(F)cn1)CCO2.O=C(O)C(F)(F)F. The highest BCUT2D eigenvalue weighted by Gasteiger charge is 2.40. The van der Waals surface area contributed by atoms with Crippen LogP contribution >= 0.6 is 0 Å². The summed E-state index contributed by atoms with van der Waals surface area (Å²) in [4.78, 5) is 21.7. The van der Waals surface area contributed by atoms with Gasteiger partial charge in [-0.1, -0.05) is 5.16 Å². The average molecular weight is 475 g/mol. The number of aromatic nitrogens is 3. The molecule has 2 aliphatic rings. The van der Waals surface area contributed by atoms with Gasteiger partial charge in [0.25, 0.3) is 0 Å². The Labute approximate surface area is 187 Å². The summed E-state index contributed by atoms with van der Waals surface area (Å²) in [6, 6.07) is 0. The number of carboxylic acids is 1. The number of carboxylic acid groups (broad SMARTS) is 1. The molecule has 1 N–H and O–H groups in total. The number of carbonyl (C=O) groups is 1. The Hall–Kier alpha value is -2.80. The Kier molecular flexibility index (Phi) is 7.52. The van der Waals surface area contributed by atoms with Crippen LogP contribution in [-0.2, 0) is 16.1 Å². The third kappa shape index (κ3) is 6.38. The average Bonchev–Trinajstić information content (AvgIpc) is 3.08. The van der Waals surface area contributed by atoms with E-state index in [-0.39, 0.29) is 5.60 Å². The highest BCUT2D eigenvalue weighted by molar-refractivity contribution is 5.73. The van der Waals surface area contributed by atoms with Crippen molar-refractivity contribution in [3.05, 3.63) is 35.2 Å². The first kappa shape index (κ1) is 24.8. The summed E-state index contributed by atoms with van der Waals surface area (Å²) in [7, 11) is 0. The molecule has 2 aromatic rings. The van der Waals surface area contributed by atoms with Crippen LogP contribution in [0.4, 0.5) is 23.5 Å². The zero-order chi connectivity index (χ0) is 24.2. The highest BCUT2D eigenvalue weighted by Crippen LogP contribution is 2.32. The summed E-state index contributed by atoms with van der Waals surface area (Å²) in [5, 5.41) is 11.2. The van der Waals surface area contributed by atoms with Crippen molar-refractivity contribution >= 4 is 11.9 Å². The number of ether oxygens (including phenoxy) is 1. The van der Waals surface area contributed by atoms with Crippen molar-refractivity contribution in [3.8, 4) is 0 Å².